The van der Waals surface area contributed by atoms with Gasteiger partial charge in [0.25, 0.3) is 5.91 Å². The van der Waals surface area contributed by atoms with Gasteiger partial charge in [-0.15, -0.1) is 0 Å². The Morgan fingerprint density at radius 1 is 1.25 bits per heavy atom. The summed E-state index contributed by atoms with van der Waals surface area (Å²) >= 11 is 0. The maximum Gasteiger partial charge on any atom is 0.311 e. The topological polar surface area (TPSA) is 79.3 Å². The predicted octanol–water partition coefficient (Wildman–Crippen LogP) is 2.11. The maximum atomic E-state index is 13.1. The van der Waals surface area contributed by atoms with Gasteiger partial charge in [-0.05, 0) is 58.0 Å². The maximum absolute atomic E-state index is 13.1. The lowest BCUT2D eigenvalue weighted by atomic mass is 9.68. The molecule has 0 bridgehead atoms. The largest absolute Gasteiger partial charge is 0.491 e. The minimum absolute atomic E-state index is 0.0757. The second kappa shape index (κ2) is 8.92. The summed E-state index contributed by atoms with van der Waals surface area (Å²) < 4.78 is 10.9. The Morgan fingerprint density at radius 3 is 2.82 bits per heavy atom. The van der Waals surface area contributed by atoms with E-state index in [1.165, 1.54) is 0 Å². The molecule has 2 fully saturated rings. The number of aliphatic carboxylic acids is 1. The molecule has 154 valence electrons. The summed E-state index contributed by atoms with van der Waals surface area (Å²) in [4.78, 5) is 29.0. The zero-order chi connectivity index (χ0) is 20.1. The minimum atomic E-state index is -0.742. The molecule has 1 aromatic rings. The van der Waals surface area contributed by atoms with Crippen LogP contribution in [0.3, 0.4) is 0 Å². The van der Waals surface area contributed by atoms with Crippen LogP contribution in [0, 0.1) is 5.41 Å². The van der Waals surface area contributed by atoms with Crippen LogP contribution in [0.2, 0.25) is 0 Å². The summed E-state index contributed by atoms with van der Waals surface area (Å²) in [7, 11) is 1.96. The van der Waals surface area contributed by atoms with Crippen LogP contribution in [0.15, 0.2) is 24.3 Å². The van der Waals surface area contributed by atoms with E-state index in [0.717, 1.165) is 13.0 Å². The van der Waals surface area contributed by atoms with Crippen molar-refractivity contribution >= 4 is 11.9 Å². The number of carbonyl (C=O) groups is 2. The normalized spacial score (nSPS) is 25.2. The first-order valence-electron chi connectivity index (χ1n) is 10.0. The van der Waals surface area contributed by atoms with Gasteiger partial charge in [-0.2, -0.15) is 0 Å². The summed E-state index contributed by atoms with van der Waals surface area (Å²) in [6, 6.07) is 7.01. The number of rotatable bonds is 7. The van der Waals surface area contributed by atoms with E-state index in [9.17, 15) is 14.7 Å². The molecule has 3 rings (SSSR count). The van der Waals surface area contributed by atoms with Crippen molar-refractivity contribution < 1.29 is 24.2 Å². The molecule has 7 heteroatoms. The van der Waals surface area contributed by atoms with Crippen LogP contribution in [-0.4, -0.2) is 79.3 Å². The molecule has 0 radical (unpaired) electrons. The molecule has 2 saturated heterocycles. The molecule has 1 N–H and O–H groups in total. The number of likely N-dealkylation sites (N-methyl/N-ethyl adjacent to an activating group) is 1. The second-order valence-corrected chi connectivity index (χ2v) is 7.64. The third-order valence-electron chi connectivity index (χ3n) is 6.02. The van der Waals surface area contributed by atoms with Crippen LogP contribution >= 0.6 is 0 Å². The molecule has 0 aliphatic carbocycles. The van der Waals surface area contributed by atoms with Gasteiger partial charge in [0.05, 0.1) is 12.0 Å². The summed E-state index contributed by atoms with van der Waals surface area (Å²) in [6.45, 7) is 5.28. The lowest BCUT2D eigenvalue weighted by Crippen LogP contribution is -2.63. The van der Waals surface area contributed by atoms with Crippen molar-refractivity contribution in [2.24, 2.45) is 5.41 Å². The molecule has 2 atom stereocenters. The Morgan fingerprint density at radius 2 is 2.07 bits per heavy atom. The number of fused-ring (bicyclic) bond motifs is 1. The molecular weight excluding hydrogens is 360 g/mol. The Kier molecular flexibility index (Phi) is 6.57. The second-order valence-electron chi connectivity index (χ2n) is 7.64. The average molecular weight is 390 g/mol. The molecule has 2 heterocycles. The first-order chi connectivity index (χ1) is 13.5. The van der Waals surface area contributed by atoms with Gasteiger partial charge >= 0.3 is 5.97 Å². The molecule has 1 aromatic carbocycles. The van der Waals surface area contributed by atoms with Crippen molar-refractivity contribution in [3.8, 4) is 5.75 Å². The van der Waals surface area contributed by atoms with Gasteiger partial charge in [0.1, 0.15) is 12.4 Å². The van der Waals surface area contributed by atoms with E-state index >= 15 is 0 Å². The summed E-state index contributed by atoms with van der Waals surface area (Å²) in [6.07, 6.45) is 2.06. The average Bonchev–Trinajstić information content (AvgIpc) is 2.71. The van der Waals surface area contributed by atoms with Crippen molar-refractivity contribution in [3.63, 3.8) is 0 Å². The molecule has 0 aromatic heterocycles. The summed E-state index contributed by atoms with van der Waals surface area (Å²) in [5, 5.41) is 9.88. The Hall–Kier alpha value is -2.12. The number of carboxylic acids is 1. The lowest BCUT2D eigenvalue weighted by molar-refractivity contribution is -0.161. The number of likely N-dealkylation sites (tertiary alicyclic amines) is 2. The summed E-state index contributed by atoms with van der Waals surface area (Å²) in [5.41, 5.74) is -0.177. The molecule has 0 saturated carbocycles. The number of amides is 1. The first kappa shape index (κ1) is 20.6. The number of hydrogen-bond acceptors (Lipinski definition) is 5. The molecule has 28 heavy (non-hydrogen) atoms. The number of ether oxygens (including phenoxy) is 2. The molecule has 0 unspecified atom stereocenters. The minimum Gasteiger partial charge on any atom is -0.491 e. The van der Waals surface area contributed by atoms with E-state index in [2.05, 4.69) is 4.90 Å². The fraction of sp³-hybridized carbons (Fsp3) is 0.619. The molecular formula is C21H30N2O5. The van der Waals surface area contributed by atoms with E-state index in [4.69, 9.17) is 9.47 Å². The zero-order valence-corrected chi connectivity index (χ0v) is 16.7. The number of carbonyl (C=O) groups excluding carboxylic acids is 1. The fourth-order valence-corrected chi connectivity index (χ4v) is 4.43. The monoisotopic (exact) mass is 390 g/mol. The number of carboxylic acid groups (broad SMARTS) is 1. The van der Waals surface area contributed by atoms with Crippen LogP contribution in [0.4, 0.5) is 0 Å². The van der Waals surface area contributed by atoms with Gasteiger partial charge in [0.2, 0.25) is 0 Å². The van der Waals surface area contributed by atoms with Gasteiger partial charge in [-0.1, -0.05) is 6.07 Å². The lowest BCUT2D eigenvalue weighted by Gasteiger charge is -2.51. The molecule has 2 aliphatic heterocycles. The third kappa shape index (κ3) is 4.15. The SMILES string of the molecule is CCOCCOc1cccc(C(=O)N2CC[C@@]3(C(=O)O)CCCN(C)[C@@H]3C2)c1. The van der Waals surface area contributed by atoms with E-state index < -0.39 is 11.4 Å². The smallest absolute Gasteiger partial charge is 0.311 e. The quantitative estimate of drug-likeness (QED) is 0.719. The molecule has 2 aliphatic rings. The van der Waals surface area contributed by atoms with Gasteiger partial charge in [0, 0.05) is 31.3 Å². The highest BCUT2D eigenvalue weighted by Crippen LogP contribution is 2.42. The Labute approximate surface area is 166 Å². The molecule has 7 nitrogen and oxygen atoms in total. The first-order valence-corrected chi connectivity index (χ1v) is 10.0. The van der Waals surface area contributed by atoms with Crippen LogP contribution in [0.5, 0.6) is 5.75 Å². The van der Waals surface area contributed by atoms with Crippen LogP contribution in [0.1, 0.15) is 36.5 Å². The van der Waals surface area contributed by atoms with Crippen molar-refractivity contribution in [1.29, 1.82) is 0 Å². The van der Waals surface area contributed by atoms with E-state index in [1.807, 2.05) is 26.1 Å². The number of piperidine rings is 2. The Balaban J connectivity index is 1.69. The highest BCUT2D eigenvalue weighted by molar-refractivity contribution is 5.95. The van der Waals surface area contributed by atoms with Gasteiger partial charge in [-0.25, -0.2) is 0 Å². The number of nitrogens with zero attached hydrogens (tertiary/aromatic N) is 2. The van der Waals surface area contributed by atoms with Gasteiger partial charge in [0.15, 0.2) is 0 Å². The fourth-order valence-electron chi connectivity index (χ4n) is 4.43. The van der Waals surface area contributed by atoms with Crippen molar-refractivity contribution in [1.82, 2.24) is 9.80 Å². The van der Waals surface area contributed by atoms with E-state index in [1.54, 1.807) is 17.0 Å². The van der Waals surface area contributed by atoms with Gasteiger partial charge in [-0.3, -0.25) is 9.59 Å². The van der Waals surface area contributed by atoms with E-state index in [0.29, 0.717) is 57.1 Å². The van der Waals surface area contributed by atoms with Crippen molar-refractivity contribution in [3.05, 3.63) is 29.8 Å². The molecule has 0 spiro atoms. The summed E-state index contributed by atoms with van der Waals surface area (Å²) in [5.74, 6) is -0.175. The van der Waals surface area contributed by atoms with Gasteiger partial charge < -0.3 is 24.4 Å². The zero-order valence-electron chi connectivity index (χ0n) is 16.7. The third-order valence-corrected chi connectivity index (χ3v) is 6.02. The highest BCUT2D eigenvalue weighted by atomic mass is 16.5. The van der Waals surface area contributed by atoms with Crippen LogP contribution in [-0.2, 0) is 9.53 Å². The predicted molar refractivity (Wildman–Crippen MR) is 105 cm³/mol. The standard InChI is InChI=1S/C21H30N2O5/c1-3-27-12-13-28-17-7-4-6-16(14-17)19(24)23-11-9-21(20(25)26)8-5-10-22(2)18(21)15-23/h4,6-7,14,18H,3,5,8-13,15H2,1-2H3,(H,25,26)/t18-,21+/m1/s1. The Bertz CT molecular complexity index is 710. The number of hydrogen-bond donors (Lipinski definition) is 1. The van der Waals surface area contributed by atoms with Crippen LogP contribution in [0.25, 0.3) is 0 Å². The van der Waals surface area contributed by atoms with Crippen molar-refractivity contribution in [2.45, 2.75) is 32.2 Å². The molecule has 1 amide bonds. The van der Waals surface area contributed by atoms with Crippen molar-refractivity contribution in [2.75, 3.05) is 46.5 Å². The number of benzene rings is 1. The highest BCUT2D eigenvalue weighted by Gasteiger charge is 2.52. The van der Waals surface area contributed by atoms with Crippen LogP contribution < -0.4 is 4.74 Å². The van der Waals surface area contributed by atoms with E-state index in [-0.39, 0.29) is 11.9 Å².